The number of allylic oxidation sites excluding steroid dienone is 1. The van der Waals surface area contributed by atoms with E-state index in [-0.39, 0.29) is 23.4 Å². The van der Waals surface area contributed by atoms with E-state index >= 15 is 0 Å². The standard InChI is InChI=1S/C23H18BrN3O5S/c1-3-32-22(29)19-13(2)25-23-26(20(19)16-9-4-5-10-17(16)27(30)31)21(28)18(33-23)12-14-7-6-8-15(24)11-14/h4-12,20H,3H2,1-2H3. The number of hydrogen-bond donors (Lipinski definition) is 0. The minimum absolute atomic E-state index is 0.104. The lowest BCUT2D eigenvalue weighted by Crippen LogP contribution is -2.40. The fraction of sp³-hybridized carbons (Fsp3) is 0.174. The van der Waals surface area contributed by atoms with Gasteiger partial charge in [0.2, 0.25) is 0 Å². The number of thiazole rings is 1. The van der Waals surface area contributed by atoms with E-state index in [1.807, 2.05) is 24.3 Å². The second kappa shape index (κ2) is 9.24. The first kappa shape index (κ1) is 22.8. The lowest BCUT2D eigenvalue weighted by Gasteiger charge is -2.24. The van der Waals surface area contributed by atoms with Crippen LogP contribution < -0.4 is 14.9 Å². The molecule has 0 N–H and O–H groups in total. The molecule has 0 aliphatic carbocycles. The molecule has 0 fully saturated rings. The Labute approximate surface area is 200 Å². The van der Waals surface area contributed by atoms with Crippen molar-refractivity contribution in [2.75, 3.05) is 6.61 Å². The van der Waals surface area contributed by atoms with Crippen LogP contribution in [0.15, 0.2) is 74.1 Å². The van der Waals surface area contributed by atoms with Gasteiger partial charge in [0.1, 0.15) is 6.04 Å². The topological polar surface area (TPSA) is 104 Å². The Bertz CT molecular complexity index is 1490. The molecule has 10 heteroatoms. The van der Waals surface area contributed by atoms with Gasteiger partial charge < -0.3 is 4.74 Å². The molecule has 0 bridgehead atoms. The Hall–Kier alpha value is -3.37. The predicted octanol–water partition coefficient (Wildman–Crippen LogP) is 3.47. The molecule has 168 valence electrons. The molecule has 1 aliphatic heterocycles. The average molecular weight is 528 g/mol. The number of carbonyl (C=O) groups excluding carboxylic acids is 1. The van der Waals surface area contributed by atoms with Gasteiger partial charge >= 0.3 is 5.97 Å². The van der Waals surface area contributed by atoms with Crippen LogP contribution in [0.25, 0.3) is 6.08 Å². The van der Waals surface area contributed by atoms with Crippen LogP contribution in [0.2, 0.25) is 0 Å². The van der Waals surface area contributed by atoms with Crippen LogP contribution in [-0.4, -0.2) is 22.1 Å². The zero-order valence-electron chi connectivity index (χ0n) is 17.6. The molecular weight excluding hydrogens is 510 g/mol. The summed E-state index contributed by atoms with van der Waals surface area (Å²) < 4.78 is 7.83. The van der Waals surface area contributed by atoms with E-state index in [0.717, 1.165) is 21.4 Å². The van der Waals surface area contributed by atoms with E-state index in [0.29, 0.717) is 15.0 Å². The van der Waals surface area contributed by atoms with E-state index in [9.17, 15) is 19.7 Å². The van der Waals surface area contributed by atoms with Gasteiger partial charge in [-0.05, 0) is 43.7 Å². The highest BCUT2D eigenvalue weighted by molar-refractivity contribution is 9.10. The summed E-state index contributed by atoms with van der Waals surface area (Å²) in [6.07, 6.45) is 1.73. The quantitative estimate of drug-likeness (QED) is 0.287. The maximum Gasteiger partial charge on any atom is 0.338 e. The van der Waals surface area contributed by atoms with Gasteiger partial charge in [-0.15, -0.1) is 0 Å². The van der Waals surface area contributed by atoms with Crippen LogP contribution in [0.4, 0.5) is 5.69 Å². The molecule has 1 aromatic heterocycles. The number of halogens is 1. The second-order valence-electron chi connectivity index (χ2n) is 7.17. The highest BCUT2D eigenvalue weighted by Gasteiger charge is 2.36. The molecule has 3 aromatic rings. The first-order valence-corrected chi connectivity index (χ1v) is 11.6. The first-order chi connectivity index (χ1) is 15.8. The van der Waals surface area contributed by atoms with Crippen molar-refractivity contribution in [2.24, 2.45) is 4.99 Å². The van der Waals surface area contributed by atoms with Crippen molar-refractivity contribution in [2.45, 2.75) is 19.9 Å². The summed E-state index contributed by atoms with van der Waals surface area (Å²) in [4.78, 5) is 42.5. The molecule has 2 heterocycles. The number of nitro groups is 1. The van der Waals surface area contributed by atoms with Crippen molar-refractivity contribution in [1.29, 1.82) is 0 Å². The van der Waals surface area contributed by atoms with Gasteiger partial charge in [-0.1, -0.05) is 51.5 Å². The minimum atomic E-state index is -1.04. The van der Waals surface area contributed by atoms with Crippen LogP contribution >= 0.6 is 27.3 Å². The van der Waals surface area contributed by atoms with Crippen molar-refractivity contribution in [3.05, 3.63) is 105 Å². The molecule has 0 radical (unpaired) electrons. The molecule has 0 saturated heterocycles. The number of fused-ring (bicyclic) bond motifs is 1. The number of carbonyl (C=O) groups is 1. The van der Waals surface area contributed by atoms with E-state index in [2.05, 4.69) is 20.9 Å². The van der Waals surface area contributed by atoms with Gasteiger partial charge in [0.15, 0.2) is 4.80 Å². The van der Waals surface area contributed by atoms with Crippen LogP contribution in [0.1, 0.15) is 31.0 Å². The fourth-order valence-electron chi connectivity index (χ4n) is 3.72. The van der Waals surface area contributed by atoms with Crippen LogP contribution in [0.3, 0.4) is 0 Å². The van der Waals surface area contributed by atoms with Crippen molar-refractivity contribution in [3.8, 4) is 0 Å². The number of esters is 1. The largest absolute Gasteiger partial charge is 0.463 e. The Morgan fingerprint density at radius 2 is 2.06 bits per heavy atom. The van der Waals surface area contributed by atoms with Crippen LogP contribution in [0.5, 0.6) is 0 Å². The summed E-state index contributed by atoms with van der Waals surface area (Å²) >= 11 is 4.58. The summed E-state index contributed by atoms with van der Waals surface area (Å²) in [5.41, 5.74) is 0.893. The lowest BCUT2D eigenvalue weighted by atomic mass is 9.94. The zero-order chi connectivity index (χ0) is 23.7. The van der Waals surface area contributed by atoms with Crippen molar-refractivity contribution >= 4 is 45.0 Å². The molecule has 4 rings (SSSR count). The molecule has 1 unspecified atom stereocenters. The van der Waals surface area contributed by atoms with Gasteiger partial charge in [0, 0.05) is 10.5 Å². The summed E-state index contributed by atoms with van der Waals surface area (Å²) in [5.74, 6) is -0.664. The molecule has 2 aromatic carbocycles. The second-order valence-corrected chi connectivity index (χ2v) is 9.10. The highest BCUT2D eigenvalue weighted by atomic mass is 79.9. The maximum atomic E-state index is 13.5. The van der Waals surface area contributed by atoms with E-state index < -0.39 is 22.5 Å². The number of nitro benzene ring substituents is 1. The third kappa shape index (κ3) is 4.31. The van der Waals surface area contributed by atoms with Gasteiger partial charge in [0.25, 0.3) is 11.2 Å². The Morgan fingerprint density at radius 3 is 2.76 bits per heavy atom. The average Bonchev–Trinajstić information content (AvgIpc) is 3.07. The van der Waals surface area contributed by atoms with Crippen molar-refractivity contribution in [3.63, 3.8) is 0 Å². The monoisotopic (exact) mass is 527 g/mol. The molecule has 33 heavy (non-hydrogen) atoms. The van der Waals surface area contributed by atoms with E-state index in [1.54, 1.807) is 38.1 Å². The number of benzene rings is 2. The van der Waals surface area contributed by atoms with Gasteiger partial charge in [-0.2, -0.15) is 0 Å². The number of ether oxygens (including phenoxy) is 1. The lowest BCUT2D eigenvalue weighted by molar-refractivity contribution is -0.385. The normalized spacial score (nSPS) is 15.7. The van der Waals surface area contributed by atoms with Crippen LogP contribution in [0, 0.1) is 10.1 Å². The molecular formula is C23H18BrN3O5S. The number of rotatable bonds is 5. The highest BCUT2D eigenvalue weighted by Crippen LogP contribution is 2.35. The predicted molar refractivity (Wildman–Crippen MR) is 128 cm³/mol. The Kier molecular flexibility index (Phi) is 6.39. The number of nitrogens with zero attached hydrogens (tertiary/aromatic N) is 3. The van der Waals surface area contributed by atoms with E-state index in [1.165, 1.54) is 10.6 Å². The molecule has 1 atom stereocenters. The fourth-order valence-corrected chi connectivity index (χ4v) is 5.18. The van der Waals surface area contributed by atoms with E-state index in [4.69, 9.17) is 4.74 Å². The third-order valence-electron chi connectivity index (χ3n) is 5.09. The summed E-state index contributed by atoms with van der Waals surface area (Å²) in [6.45, 7) is 3.42. The van der Waals surface area contributed by atoms with Crippen molar-refractivity contribution in [1.82, 2.24) is 4.57 Å². The number of aromatic nitrogens is 1. The third-order valence-corrected chi connectivity index (χ3v) is 6.57. The Morgan fingerprint density at radius 1 is 1.30 bits per heavy atom. The van der Waals surface area contributed by atoms with Crippen LogP contribution in [-0.2, 0) is 9.53 Å². The van der Waals surface area contributed by atoms with Gasteiger partial charge in [-0.25, -0.2) is 9.79 Å². The number of hydrogen-bond acceptors (Lipinski definition) is 7. The number of para-hydroxylation sites is 1. The van der Waals surface area contributed by atoms with Gasteiger partial charge in [0.05, 0.1) is 32.9 Å². The Balaban J connectivity index is 2.02. The molecule has 8 nitrogen and oxygen atoms in total. The summed E-state index contributed by atoms with van der Waals surface area (Å²) in [6, 6.07) is 12.5. The van der Waals surface area contributed by atoms with Gasteiger partial charge in [-0.3, -0.25) is 19.5 Å². The smallest absolute Gasteiger partial charge is 0.338 e. The molecule has 0 spiro atoms. The maximum absolute atomic E-state index is 13.5. The molecule has 0 amide bonds. The first-order valence-electron chi connectivity index (χ1n) is 10.0. The minimum Gasteiger partial charge on any atom is -0.463 e. The van der Waals surface area contributed by atoms with Crippen molar-refractivity contribution < 1.29 is 14.5 Å². The zero-order valence-corrected chi connectivity index (χ0v) is 20.1. The molecule has 0 saturated carbocycles. The summed E-state index contributed by atoms with van der Waals surface area (Å²) in [5, 5.41) is 11.8. The SMILES string of the molecule is CCOC(=O)C1=C(C)N=c2sc(=Cc3cccc(Br)c3)c(=O)n2C1c1ccccc1[N+](=O)[O-]. The molecule has 1 aliphatic rings. The summed E-state index contributed by atoms with van der Waals surface area (Å²) in [7, 11) is 0.